The lowest BCUT2D eigenvalue weighted by molar-refractivity contribution is 0.0488. The van der Waals surface area contributed by atoms with Crippen LogP contribution in [0, 0.1) is 13.8 Å². The number of hydrogen-bond acceptors (Lipinski definition) is 6. The Labute approximate surface area is 217 Å². The molecule has 0 spiro atoms. The van der Waals surface area contributed by atoms with Gasteiger partial charge in [0, 0.05) is 31.8 Å². The number of rotatable bonds is 10. The zero-order chi connectivity index (χ0) is 25.8. The number of nitrogens with zero attached hydrogens (tertiary/aromatic N) is 5. The molecule has 37 heavy (non-hydrogen) atoms. The van der Waals surface area contributed by atoms with Gasteiger partial charge in [0.15, 0.2) is 5.82 Å². The highest BCUT2D eigenvalue weighted by Gasteiger charge is 2.29. The summed E-state index contributed by atoms with van der Waals surface area (Å²) in [7, 11) is 0. The summed E-state index contributed by atoms with van der Waals surface area (Å²) in [6.45, 7) is 9.00. The average molecular weight is 501 g/mol. The van der Waals surface area contributed by atoms with E-state index < -0.39 is 0 Å². The highest BCUT2D eigenvalue weighted by atomic mass is 16.5. The van der Waals surface area contributed by atoms with Gasteiger partial charge in [-0.3, -0.25) is 9.69 Å². The Kier molecular flexibility index (Phi) is 7.76. The van der Waals surface area contributed by atoms with Crippen LogP contribution in [0.25, 0.3) is 10.9 Å². The minimum atomic E-state index is -0.0444. The summed E-state index contributed by atoms with van der Waals surface area (Å²) in [5, 5.41) is 13.9. The van der Waals surface area contributed by atoms with Gasteiger partial charge < -0.3 is 9.72 Å². The SMILES string of the molecule is CCC(c1nnnn1CCc1ccccc1)N(Cc1cc2ccc(C)c(C)c2[nH]c1=O)CC1CCCO1. The van der Waals surface area contributed by atoms with Crippen molar-refractivity contribution >= 4 is 10.9 Å². The molecular weight excluding hydrogens is 464 g/mol. The maximum absolute atomic E-state index is 13.2. The third kappa shape index (κ3) is 5.65. The summed E-state index contributed by atoms with van der Waals surface area (Å²) < 4.78 is 7.93. The van der Waals surface area contributed by atoms with Crippen LogP contribution in [0.3, 0.4) is 0 Å². The lowest BCUT2D eigenvalue weighted by Crippen LogP contribution is -2.37. The van der Waals surface area contributed by atoms with Gasteiger partial charge in [0.05, 0.1) is 17.7 Å². The normalized spacial score (nSPS) is 16.6. The van der Waals surface area contributed by atoms with E-state index in [2.05, 4.69) is 82.6 Å². The molecule has 0 saturated carbocycles. The van der Waals surface area contributed by atoms with Gasteiger partial charge in [-0.2, -0.15) is 0 Å². The van der Waals surface area contributed by atoms with Gasteiger partial charge >= 0.3 is 0 Å². The standard InChI is InChI=1S/C29H36N6O2/c1-4-26(28-31-32-33-35(28)15-14-22-9-6-5-7-10-22)34(19-25-11-8-16-37-25)18-24-17-23-13-12-20(2)21(3)27(23)30-29(24)36/h5-7,9-10,12-13,17,25-26H,4,8,11,14-16,18-19H2,1-3H3,(H,30,36). The summed E-state index contributed by atoms with van der Waals surface area (Å²) >= 11 is 0. The zero-order valence-electron chi connectivity index (χ0n) is 22.0. The van der Waals surface area contributed by atoms with Crippen LogP contribution in [0.15, 0.2) is 53.3 Å². The van der Waals surface area contributed by atoms with Crippen LogP contribution in [0.5, 0.6) is 0 Å². The molecule has 4 aromatic rings. The van der Waals surface area contributed by atoms with Crippen molar-refractivity contribution in [1.29, 1.82) is 0 Å². The molecule has 0 aliphatic carbocycles. The van der Waals surface area contributed by atoms with Crippen LogP contribution < -0.4 is 5.56 Å². The second-order valence-corrected chi connectivity index (χ2v) is 10.1. The molecule has 2 unspecified atom stereocenters. The molecule has 0 radical (unpaired) electrons. The van der Waals surface area contributed by atoms with Gasteiger partial charge in [-0.15, -0.1) is 5.10 Å². The molecule has 1 N–H and O–H groups in total. The lowest BCUT2D eigenvalue weighted by atomic mass is 10.0. The molecule has 1 fully saturated rings. The molecule has 2 aromatic carbocycles. The molecular formula is C29H36N6O2. The van der Waals surface area contributed by atoms with Crippen LogP contribution in [-0.2, 0) is 24.2 Å². The number of aryl methyl sites for hydroxylation is 4. The van der Waals surface area contributed by atoms with Crippen molar-refractivity contribution in [3.8, 4) is 0 Å². The summed E-state index contributed by atoms with van der Waals surface area (Å²) in [6, 6.07) is 16.6. The number of aromatic amines is 1. The van der Waals surface area contributed by atoms with E-state index in [1.807, 2.05) is 16.8 Å². The van der Waals surface area contributed by atoms with E-state index in [4.69, 9.17) is 4.74 Å². The van der Waals surface area contributed by atoms with E-state index in [0.717, 1.165) is 66.7 Å². The molecule has 1 aliphatic heterocycles. The van der Waals surface area contributed by atoms with Gasteiger partial charge in [-0.05, 0) is 78.1 Å². The first-order valence-electron chi connectivity index (χ1n) is 13.3. The first-order valence-corrected chi connectivity index (χ1v) is 13.3. The molecule has 1 saturated heterocycles. The fraction of sp³-hybridized carbons (Fsp3) is 0.448. The van der Waals surface area contributed by atoms with Crippen LogP contribution in [-0.4, -0.2) is 49.3 Å². The number of tetrazole rings is 1. The number of nitrogens with one attached hydrogen (secondary N) is 1. The number of ether oxygens (including phenoxy) is 1. The molecule has 0 amide bonds. The molecule has 8 nitrogen and oxygen atoms in total. The van der Waals surface area contributed by atoms with Crippen LogP contribution in [0.4, 0.5) is 0 Å². The monoisotopic (exact) mass is 500 g/mol. The Balaban J connectivity index is 1.45. The summed E-state index contributed by atoms with van der Waals surface area (Å²) in [5.41, 5.74) is 5.15. The van der Waals surface area contributed by atoms with Crippen LogP contribution in [0.1, 0.15) is 60.3 Å². The molecule has 1 aliphatic rings. The van der Waals surface area contributed by atoms with E-state index in [-0.39, 0.29) is 17.7 Å². The predicted octanol–water partition coefficient (Wildman–Crippen LogP) is 4.51. The topological polar surface area (TPSA) is 88.9 Å². The molecule has 5 rings (SSSR count). The number of H-pyrrole nitrogens is 1. The van der Waals surface area contributed by atoms with E-state index in [1.54, 1.807) is 0 Å². The maximum Gasteiger partial charge on any atom is 0.252 e. The summed E-state index contributed by atoms with van der Waals surface area (Å²) in [6.07, 6.45) is 3.91. The minimum absolute atomic E-state index is 0.0372. The smallest absolute Gasteiger partial charge is 0.252 e. The van der Waals surface area contributed by atoms with Crippen LogP contribution >= 0.6 is 0 Å². The molecule has 194 valence electrons. The number of benzene rings is 2. The Morgan fingerprint density at radius 3 is 2.78 bits per heavy atom. The third-order valence-electron chi connectivity index (χ3n) is 7.60. The first kappa shape index (κ1) is 25.3. The molecule has 0 bridgehead atoms. The highest BCUT2D eigenvalue weighted by molar-refractivity contribution is 5.83. The van der Waals surface area contributed by atoms with Crippen molar-refractivity contribution in [3.63, 3.8) is 0 Å². The van der Waals surface area contributed by atoms with Gasteiger partial charge in [-0.1, -0.05) is 49.4 Å². The second kappa shape index (κ2) is 11.4. The Hall–Kier alpha value is -3.36. The predicted molar refractivity (Wildman–Crippen MR) is 144 cm³/mol. The van der Waals surface area contributed by atoms with Gasteiger partial charge in [0.2, 0.25) is 0 Å². The summed E-state index contributed by atoms with van der Waals surface area (Å²) in [5.74, 6) is 0.833. The first-order chi connectivity index (χ1) is 18.0. The maximum atomic E-state index is 13.2. The summed E-state index contributed by atoms with van der Waals surface area (Å²) in [4.78, 5) is 18.7. The molecule has 8 heteroatoms. The van der Waals surface area contributed by atoms with Gasteiger partial charge in [0.25, 0.3) is 5.56 Å². The van der Waals surface area contributed by atoms with Crippen molar-refractivity contribution in [1.82, 2.24) is 30.1 Å². The Morgan fingerprint density at radius 2 is 2.03 bits per heavy atom. The fourth-order valence-corrected chi connectivity index (χ4v) is 5.35. The minimum Gasteiger partial charge on any atom is -0.377 e. The van der Waals surface area contributed by atoms with Crippen molar-refractivity contribution in [2.24, 2.45) is 0 Å². The Bertz CT molecular complexity index is 1390. The third-order valence-corrected chi connectivity index (χ3v) is 7.60. The van der Waals surface area contributed by atoms with E-state index in [9.17, 15) is 4.79 Å². The van der Waals surface area contributed by atoms with Gasteiger partial charge in [0.1, 0.15) is 0 Å². The quantitative estimate of drug-likeness (QED) is 0.345. The number of aromatic nitrogens is 5. The zero-order valence-corrected chi connectivity index (χ0v) is 22.0. The fourth-order valence-electron chi connectivity index (χ4n) is 5.35. The van der Waals surface area contributed by atoms with E-state index >= 15 is 0 Å². The number of fused-ring (bicyclic) bond motifs is 1. The highest BCUT2D eigenvalue weighted by Crippen LogP contribution is 2.27. The van der Waals surface area contributed by atoms with Crippen molar-refractivity contribution in [2.75, 3.05) is 13.2 Å². The van der Waals surface area contributed by atoms with Gasteiger partial charge in [-0.25, -0.2) is 4.68 Å². The largest absolute Gasteiger partial charge is 0.377 e. The van der Waals surface area contributed by atoms with Crippen molar-refractivity contribution < 1.29 is 4.74 Å². The number of hydrogen-bond donors (Lipinski definition) is 1. The molecule has 3 heterocycles. The number of pyridine rings is 1. The lowest BCUT2D eigenvalue weighted by Gasteiger charge is -2.32. The second-order valence-electron chi connectivity index (χ2n) is 10.1. The average Bonchev–Trinajstić information content (AvgIpc) is 3.59. The van der Waals surface area contributed by atoms with Crippen molar-refractivity contribution in [2.45, 2.75) is 71.7 Å². The van der Waals surface area contributed by atoms with E-state index in [0.29, 0.717) is 13.1 Å². The molecule has 2 aromatic heterocycles. The molecule has 2 atom stereocenters. The van der Waals surface area contributed by atoms with E-state index in [1.165, 1.54) is 11.1 Å². The van der Waals surface area contributed by atoms with Crippen LogP contribution in [0.2, 0.25) is 0 Å². The Morgan fingerprint density at radius 1 is 1.19 bits per heavy atom. The van der Waals surface area contributed by atoms with Crippen molar-refractivity contribution in [3.05, 3.63) is 87.0 Å².